The number of hydrogen-bond donors (Lipinski definition) is 2. The molecule has 1 amide bonds. The molecule has 0 saturated carbocycles. The third-order valence-corrected chi connectivity index (χ3v) is 5.44. The Labute approximate surface area is 151 Å². The minimum Gasteiger partial charge on any atom is -0.355 e. The van der Waals surface area contributed by atoms with Gasteiger partial charge in [0.25, 0.3) is 0 Å². The molecule has 2 aliphatic heterocycles. The molecule has 132 valence electrons. The summed E-state index contributed by atoms with van der Waals surface area (Å²) in [7, 11) is 0. The molecule has 22 heavy (non-hydrogen) atoms. The summed E-state index contributed by atoms with van der Waals surface area (Å²) in [5.41, 5.74) is 0. The van der Waals surface area contributed by atoms with E-state index in [1.807, 2.05) is 11.8 Å². The Morgan fingerprint density at radius 1 is 1.36 bits per heavy atom. The van der Waals surface area contributed by atoms with Crippen LogP contribution in [0, 0.1) is 11.8 Å². The molecule has 2 saturated heterocycles. The van der Waals surface area contributed by atoms with Crippen molar-refractivity contribution in [2.24, 2.45) is 11.8 Å². The van der Waals surface area contributed by atoms with Gasteiger partial charge in [0.15, 0.2) is 0 Å². The normalized spacial score (nSPS) is 23.8. The van der Waals surface area contributed by atoms with Gasteiger partial charge in [-0.25, -0.2) is 0 Å². The van der Waals surface area contributed by atoms with E-state index in [9.17, 15) is 4.79 Å². The van der Waals surface area contributed by atoms with E-state index in [2.05, 4.69) is 22.5 Å². The molecular formula is C15H31Cl2N3OS. The Bertz CT molecular complexity index is 299. The minimum absolute atomic E-state index is 0. The van der Waals surface area contributed by atoms with Crippen molar-refractivity contribution in [3.63, 3.8) is 0 Å². The maximum atomic E-state index is 12.0. The minimum atomic E-state index is 0. The van der Waals surface area contributed by atoms with Crippen LogP contribution in [0.25, 0.3) is 0 Å². The van der Waals surface area contributed by atoms with Gasteiger partial charge in [0.05, 0.1) is 0 Å². The first-order chi connectivity index (χ1) is 9.75. The molecule has 2 aliphatic rings. The van der Waals surface area contributed by atoms with Crippen molar-refractivity contribution in [3.05, 3.63) is 0 Å². The molecule has 7 heteroatoms. The maximum Gasteiger partial charge on any atom is 0.220 e. The van der Waals surface area contributed by atoms with Crippen LogP contribution in [0.15, 0.2) is 0 Å². The summed E-state index contributed by atoms with van der Waals surface area (Å²) in [4.78, 5) is 14.4. The predicted octanol–water partition coefficient (Wildman–Crippen LogP) is 2.02. The van der Waals surface area contributed by atoms with Gasteiger partial charge in [-0.1, -0.05) is 6.92 Å². The lowest BCUT2D eigenvalue weighted by atomic mass is 9.85. The van der Waals surface area contributed by atoms with E-state index in [4.69, 9.17) is 0 Å². The smallest absolute Gasteiger partial charge is 0.220 e. The average Bonchev–Trinajstić information content (AvgIpc) is 2.49. The van der Waals surface area contributed by atoms with Crippen LogP contribution in [0.4, 0.5) is 0 Å². The molecule has 2 atom stereocenters. The standard InChI is InChI=1S/C15H29N3OS.2ClH/c1-13(14-3-2-4-16-12-14)11-15(19)17-5-6-18-7-9-20-10-8-18;;/h13-14,16H,2-12H2,1H3,(H,17,19);2*1H. The molecule has 0 aliphatic carbocycles. The second-order valence-electron chi connectivity index (χ2n) is 6.09. The first kappa shape index (κ1) is 22.3. The highest BCUT2D eigenvalue weighted by Crippen LogP contribution is 2.22. The predicted molar refractivity (Wildman–Crippen MR) is 101 cm³/mol. The average molecular weight is 372 g/mol. The van der Waals surface area contributed by atoms with Crippen LogP contribution in [0.2, 0.25) is 0 Å². The Morgan fingerprint density at radius 3 is 2.73 bits per heavy atom. The van der Waals surface area contributed by atoms with E-state index >= 15 is 0 Å². The quantitative estimate of drug-likeness (QED) is 0.749. The fourth-order valence-corrected chi connectivity index (χ4v) is 4.05. The number of carbonyl (C=O) groups excluding carboxylic acids is 1. The largest absolute Gasteiger partial charge is 0.355 e. The zero-order valence-corrected chi connectivity index (χ0v) is 16.0. The first-order valence-electron chi connectivity index (χ1n) is 8.03. The van der Waals surface area contributed by atoms with Crippen LogP contribution < -0.4 is 10.6 Å². The SMILES string of the molecule is CC(CC(=O)NCCN1CCSCC1)C1CCCNC1.Cl.Cl. The van der Waals surface area contributed by atoms with Gasteiger partial charge in [-0.3, -0.25) is 9.69 Å². The Morgan fingerprint density at radius 2 is 2.09 bits per heavy atom. The third-order valence-electron chi connectivity index (χ3n) is 4.50. The van der Waals surface area contributed by atoms with Crippen molar-refractivity contribution in [3.8, 4) is 0 Å². The van der Waals surface area contributed by atoms with Crippen LogP contribution in [0.1, 0.15) is 26.2 Å². The van der Waals surface area contributed by atoms with Gasteiger partial charge >= 0.3 is 0 Å². The Hall–Kier alpha value is 0.320. The van der Waals surface area contributed by atoms with Gasteiger partial charge in [-0.05, 0) is 37.8 Å². The number of nitrogens with zero attached hydrogens (tertiary/aromatic N) is 1. The van der Waals surface area contributed by atoms with Gasteiger partial charge in [-0.2, -0.15) is 11.8 Å². The monoisotopic (exact) mass is 371 g/mol. The van der Waals surface area contributed by atoms with Crippen LogP contribution >= 0.6 is 36.6 Å². The number of rotatable bonds is 6. The summed E-state index contributed by atoms with van der Waals surface area (Å²) in [5.74, 6) is 3.87. The van der Waals surface area contributed by atoms with Crippen molar-refractivity contribution in [2.75, 3.05) is 50.8 Å². The molecular weight excluding hydrogens is 341 g/mol. The topological polar surface area (TPSA) is 44.4 Å². The third kappa shape index (κ3) is 8.25. The molecule has 2 N–H and O–H groups in total. The van der Waals surface area contributed by atoms with Gasteiger partial charge in [0, 0.05) is 44.1 Å². The molecule has 4 nitrogen and oxygen atoms in total. The van der Waals surface area contributed by atoms with E-state index in [1.165, 1.54) is 37.4 Å². The van der Waals surface area contributed by atoms with E-state index in [-0.39, 0.29) is 30.7 Å². The number of halogens is 2. The van der Waals surface area contributed by atoms with Crippen LogP contribution in [0.5, 0.6) is 0 Å². The van der Waals surface area contributed by atoms with Crippen LogP contribution in [-0.4, -0.2) is 61.6 Å². The van der Waals surface area contributed by atoms with E-state index in [0.29, 0.717) is 18.3 Å². The summed E-state index contributed by atoms with van der Waals surface area (Å²) < 4.78 is 0. The molecule has 0 spiro atoms. The number of amides is 1. The number of thioether (sulfide) groups is 1. The number of carbonyl (C=O) groups is 1. The molecule has 0 aromatic carbocycles. The molecule has 0 radical (unpaired) electrons. The Kier molecular flexibility index (Phi) is 12.9. The molecule has 0 aromatic heterocycles. The van der Waals surface area contributed by atoms with E-state index in [0.717, 1.165) is 26.2 Å². The Balaban J connectivity index is 0.00000220. The van der Waals surface area contributed by atoms with Gasteiger partial charge in [0.1, 0.15) is 0 Å². The molecule has 2 rings (SSSR count). The lowest BCUT2D eigenvalue weighted by Gasteiger charge is -2.28. The summed E-state index contributed by atoms with van der Waals surface area (Å²) in [6, 6.07) is 0. The maximum absolute atomic E-state index is 12.0. The fraction of sp³-hybridized carbons (Fsp3) is 0.933. The summed E-state index contributed by atoms with van der Waals surface area (Å²) in [6.07, 6.45) is 3.21. The van der Waals surface area contributed by atoms with Crippen molar-refractivity contribution >= 4 is 42.5 Å². The van der Waals surface area contributed by atoms with Gasteiger partial charge in [-0.15, -0.1) is 24.8 Å². The molecule has 2 fully saturated rings. The van der Waals surface area contributed by atoms with Gasteiger partial charge < -0.3 is 10.6 Å². The number of nitrogens with one attached hydrogen (secondary N) is 2. The van der Waals surface area contributed by atoms with Crippen LogP contribution in [0.3, 0.4) is 0 Å². The van der Waals surface area contributed by atoms with Gasteiger partial charge in [0.2, 0.25) is 5.91 Å². The van der Waals surface area contributed by atoms with Crippen molar-refractivity contribution in [1.29, 1.82) is 0 Å². The second-order valence-corrected chi connectivity index (χ2v) is 7.32. The zero-order valence-electron chi connectivity index (χ0n) is 13.5. The summed E-state index contributed by atoms with van der Waals surface area (Å²) >= 11 is 2.03. The van der Waals surface area contributed by atoms with Crippen molar-refractivity contribution in [1.82, 2.24) is 15.5 Å². The van der Waals surface area contributed by atoms with Crippen molar-refractivity contribution in [2.45, 2.75) is 26.2 Å². The van der Waals surface area contributed by atoms with Crippen molar-refractivity contribution < 1.29 is 4.79 Å². The molecule has 2 unspecified atom stereocenters. The highest BCUT2D eigenvalue weighted by atomic mass is 35.5. The summed E-state index contributed by atoms with van der Waals surface area (Å²) in [6.45, 7) is 8.60. The second kappa shape index (κ2) is 12.7. The van der Waals surface area contributed by atoms with Crippen LogP contribution in [-0.2, 0) is 4.79 Å². The fourth-order valence-electron chi connectivity index (χ4n) is 3.07. The molecule has 2 heterocycles. The highest BCUT2D eigenvalue weighted by Gasteiger charge is 2.21. The van der Waals surface area contributed by atoms with E-state index < -0.39 is 0 Å². The summed E-state index contributed by atoms with van der Waals surface area (Å²) in [5, 5.41) is 6.53. The number of piperidine rings is 1. The molecule has 0 aromatic rings. The lowest BCUT2D eigenvalue weighted by molar-refractivity contribution is -0.122. The zero-order chi connectivity index (χ0) is 14.2. The van der Waals surface area contributed by atoms with E-state index in [1.54, 1.807) is 0 Å². The highest BCUT2D eigenvalue weighted by molar-refractivity contribution is 7.99. The number of hydrogen-bond acceptors (Lipinski definition) is 4. The first-order valence-corrected chi connectivity index (χ1v) is 9.18. The lowest BCUT2D eigenvalue weighted by Crippen LogP contribution is -2.40. The molecule has 0 bridgehead atoms.